The molecule has 3 heterocycles. The summed E-state index contributed by atoms with van der Waals surface area (Å²) < 4.78 is 25.2. The highest BCUT2D eigenvalue weighted by Crippen LogP contribution is 2.46. The Kier molecular flexibility index (Phi) is 6.97. The molecule has 0 unspecified atom stereocenters. The highest BCUT2D eigenvalue weighted by atomic mass is 35.5. The standard InChI is InChI=1S/C30H27ClFN3O5/c1-29(28(33)37)15-40-27-19(29)14-24(35-26(27)17-6-7-21(32)20(31)12-17)30(2,38)9-8-22(36)18-11-16-5-4-10-34-25(16)23(13-18)39-3/h4-7,10-14,38H,8-9,15H2,1-3H3,(H2,33,37)/t29-,30-/m0/s1. The molecule has 8 nitrogen and oxygen atoms in total. The third-order valence-corrected chi connectivity index (χ3v) is 7.70. The first kappa shape index (κ1) is 27.5. The molecule has 0 spiro atoms. The minimum atomic E-state index is -1.59. The van der Waals surface area contributed by atoms with Gasteiger partial charge in [-0.2, -0.15) is 0 Å². The van der Waals surface area contributed by atoms with Gasteiger partial charge in [0.15, 0.2) is 5.78 Å². The number of ketones is 1. The van der Waals surface area contributed by atoms with E-state index in [1.54, 1.807) is 44.3 Å². The Bertz CT molecular complexity index is 1680. The largest absolute Gasteiger partial charge is 0.494 e. The second-order valence-electron chi connectivity index (χ2n) is 10.3. The zero-order valence-electron chi connectivity index (χ0n) is 22.1. The SMILES string of the molecule is COc1cc(C(=O)CC[C@](C)(O)c2cc3c(c(-c4ccc(F)c(Cl)c4)n2)OC[C@]3(C)C(N)=O)cc2cccnc12. The van der Waals surface area contributed by atoms with Crippen LogP contribution in [0.15, 0.2) is 54.7 Å². The first-order chi connectivity index (χ1) is 18.9. The van der Waals surface area contributed by atoms with E-state index < -0.39 is 22.7 Å². The van der Waals surface area contributed by atoms with Crippen LogP contribution >= 0.6 is 11.6 Å². The molecule has 0 saturated heterocycles. The molecule has 0 bridgehead atoms. The minimum Gasteiger partial charge on any atom is -0.494 e. The number of rotatable bonds is 8. The number of hydrogen-bond acceptors (Lipinski definition) is 7. The van der Waals surface area contributed by atoms with Gasteiger partial charge < -0.3 is 20.3 Å². The number of benzene rings is 2. The average molecular weight is 564 g/mol. The summed E-state index contributed by atoms with van der Waals surface area (Å²) in [5.41, 5.74) is 5.37. The fraction of sp³-hybridized carbons (Fsp3) is 0.267. The molecule has 3 N–H and O–H groups in total. The fourth-order valence-electron chi connectivity index (χ4n) is 4.81. The molecule has 4 aromatic rings. The molecule has 0 radical (unpaired) electrons. The summed E-state index contributed by atoms with van der Waals surface area (Å²) in [5.74, 6) is -0.645. The lowest BCUT2D eigenvalue weighted by Gasteiger charge is -2.26. The first-order valence-corrected chi connectivity index (χ1v) is 12.9. The van der Waals surface area contributed by atoms with Crippen molar-refractivity contribution in [3.63, 3.8) is 0 Å². The number of pyridine rings is 2. The van der Waals surface area contributed by atoms with E-state index in [1.807, 2.05) is 6.07 Å². The smallest absolute Gasteiger partial charge is 0.231 e. The molecule has 1 amide bonds. The molecule has 2 aromatic heterocycles. The van der Waals surface area contributed by atoms with Crippen molar-refractivity contribution in [2.45, 2.75) is 37.7 Å². The Labute approximate surface area is 234 Å². The van der Waals surface area contributed by atoms with Crippen LogP contribution in [0.1, 0.15) is 48.3 Å². The Balaban J connectivity index is 1.51. The van der Waals surface area contributed by atoms with Crippen LogP contribution in [0.3, 0.4) is 0 Å². The van der Waals surface area contributed by atoms with Crippen molar-refractivity contribution in [3.05, 3.63) is 82.4 Å². The third-order valence-electron chi connectivity index (χ3n) is 7.41. The molecule has 0 fully saturated rings. The molecule has 0 aliphatic carbocycles. The lowest BCUT2D eigenvalue weighted by atomic mass is 9.81. The number of halogens is 2. The summed E-state index contributed by atoms with van der Waals surface area (Å²) >= 11 is 6.03. The van der Waals surface area contributed by atoms with Gasteiger partial charge in [0.1, 0.15) is 46.1 Å². The van der Waals surface area contributed by atoms with Gasteiger partial charge in [0.25, 0.3) is 0 Å². The van der Waals surface area contributed by atoms with Crippen LogP contribution in [0.2, 0.25) is 5.02 Å². The number of carbonyl (C=O) groups is 2. The van der Waals surface area contributed by atoms with Crippen molar-refractivity contribution < 1.29 is 28.6 Å². The quantitative estimate of drug-likeness (QED) is 0.286. The predicted molar refractivity (Wildman–Crippen MR) is 148 cm³/mol. The van der Waals surface area contributed by atoms with Crippen LogP contribution in [0.25, 0.3) is 22.2 Å². The number of nitrogens with two attached hydrogens (primary N) is 1. The van der Waals surface area contributed by atoms with Gasteiger partial charge in [-0.1, -0.05) is 17.7 Å². The number of methoxy groups -OCH3 is 1. The summed E-state index contributed by atoms with van der Waals surface area (Å²) in [5, 5.41) is 12.2. The van der Waals surface area contributed by atoms with Gasteiger partial charge >= 0.3 is 0 Å². The van der Waals surface area contributed by atoms with Crippen LogP contribution < -0.4 is 15.2 Å². The number of ether oxygens (including phenoxy) is 2. The van der Waals surface area contributed by atoms with Gasteiger partial charge in [0, 0.05) is 34.7 Å². The normalized spacial score (nSPS) is 17.6. The van der Waals surface area contributed by atoms with Gasteiger partial charge in [-0.3, -0.25) is 14.6 Å². The number of aromatic nitrogens is 2. The molecule has 5 rings (SSSR count). The number of amides is 1. The first-order valence-electron chi connectivity index (χ1n) is 12.6. The van der Waals surface area contributed by atoms with Gasteiger partial charge in [0.2, 0.25) is 5.91 Å². The summed E-state index contributed by atoms with van der Waals surface area (Å²) in [6, 6.07) is 12.6. The predicted octanol–water partition coefficient (Wildman–Crippen LogP) is 5.10. The van der Waals surface area contributed by atoms with Crippen molar-refractivity contribution in [1.82, 2.24) is 9.97 Å². The summed E-state index contributed by atoms with van der Waals surface area (Å²) in [4.78, 5) is 34.6. The molecule has 206 valence electrons. The van der Waals surface area contributed by atoms with Crippen molar-refractivity contribution in [1.29, 1.82) is 0 Å². The number of fused-ring (bicyclic) bond motifs is 2. The zero-order valence-corrected chi connectivity index (χ0v) is 22.9. The molecule has 2 atom stereocenters. The maximum atomic E-state index is 13.9. The summed E-state index contributed by atoms with van der Waals surface area (Å²) in [6.45, 7) is 3.16. The Morgan fingerprint density at radius 3 is 2.73 bits per heavy atom. The number of carbonyl (C=O) groups excluding carboxylic acids is 2. The number of primary amides is 1. The van der Waals surface area contributed by atoms with E-state index in [1.165, 1.54) is 25.3 Å². The minimum absolute atomic E-state index is 0.0119. The van der Waals surface area contributed by atoms with E-state index >= 15 is 0 Å². The highest BCUT2D eigenvalue weighted by molar-refractivity contribution is 6.31. The van der Waals surface area contributed by atoms with Gasteiger partial charge in [-0.05, 0) is 62.7 Å². The average Bonchev–Trinajstić information content (AvgIpc) is 3.30. The number of nitrogens with zero attached hydrogens (tertiary/aromatic N) is 2. The Morgan fingerprint density at radius 1 is 1.25 bits per heavy atom. The van der Waals surface area contributed by atoms with Crippen LogP contribution in [0.4, 0.5) is 4.39 Å². The third kappa shape index (κ3) is 4.76. The molecule has 40 heavy (non-hydrogen) atoms. The van der Waals surface area contributed by atoms with E-state index in [4.69, 9.17) is 26.8 Å². The second kappa shape index (κ2) is 10.1. The van der Waals surface area contributed by atoms with Crippen LogP contribution in [0.5, 0.6) is 11.5 Å². The maximum absolute atomic E-state index is 13.9. The molecular formula is C30H27ClFN3O5. The van der Waals surface area contributed by atoms with E-state index in [9.17, 15) is 19.1 Å². The Hall–Kier alpha value is -4.08. The zero-order chi connectivity index (χ0) is 28.8. The molecule has 10 heteroatoms. The maximum Gasteiger partial charge on any atom is 0.231 e. The highest BCUT2D eigenvalue weighted by Gasteiger charge is 2.45. The molecule has 1 aliphatic heterocycles. The molecule has 2 aromatic carbocycles. The lowest BCUT2D eigenvalue weighted by molar-refractivity contribution is -0.123. The van der Waals surface area contributed by atoms with E-state index in [0.29, 0.717) is 33.7 Å². The molecule has 0 saturated carbocycles. The second-order valence-corrected chi connectivity index (χ2v) is 10.7. The van der Waals surface area contributed by atoms with Gasteiger partial charge in [0.05, 0.1) is 17.8 Å². The lowest BCUT2D eigenvalue weighted by Crippen LogP contribution is -2.40. The van der Waals surface area contributed by atoms with Gasteiger partial charge in [-0.25, -0.2) is 9.37 Å². The van der Waals surface area contributed by atoms with Crippen molar-refractivity contribution in [2.24, 2.45) is 5.73 Å². The summed E-state index contributed by atoms with van der Waals surface area (Å²) in [7, 11) is 1.51. The monoisotopic (exact) mass is 563 g/mol. The van der Waals surface area contributed by atoms with Crippen molar-refractivity contribution in [3.8, 4) is 22.8 Å². The van der Waals surface area contributed by atoms with Crippen LogP contribution in [-0.4, -0.2) is 40.5 Å². The van der Waals surface area contributed by atoms with Crippen molar-refractivity contribution >= 4 is 34.2 Å². The number of aliphatic hydroxyl groups is 1. The number of Topliss-reactive ketones (excluding diaryl/α,β-unsaturated/α-hetero) is 1. The van der Waals surface area contributed by atoms with Gasteiger partial charge in [-0.15, -0.1) is 0 Å². The topological polar surface area (TPSA) is 125 Å². The van der Waals surface area contributed by atoms with E-state index in [0.717, 1.165) is 5.39 Å². The van der Waals surface area contributed by atoms with Crippen LogP contribution in [-0.2, 0) is 15.8 Å². The van der Waals surface area contributed by atoms with E-state index in [2.05, 4.69) is 9.97 Å². The van der Waals surface area contributed by atoms with E-state index in [-0.39, 0.29) is 41.6 Å². The van der Waals surface area contributed by atoms with Crippen molar-refractivity contribution in [2.75, 3.05) is 13.7 Å². The van der Waals surface area contributed by atoms with Crippen LogP contribution in [0, 0.1) is 5.82 Å². The fourth-order valence-corrected chi connectivity index (χ4v) is 4.99. The number of hydrogen-bond donors (Lipinski definition) is 2. The molecule has 1 aliphatic rings. The Morgan fingerprint density at radius 2 is 2.02 bits per heavy atom. The molecular weight excluding hydrogens is 537 g/mol. The summed E-state index contributed by atoms with van der Waals surface area (Å²) in [6.07, 6.45) is 1.65.